The maximum absolute atomic E-state index is 12.3. The van der Waals surface area contributed by atoms with E-state index < -0.39 is 6.09 Å². The van der Waals surface area contributed by atoms with E-state index >= 15 is 0 Å². The highest BCUT2D eigenvalue weighted by Crippen LogP contribution is 2.24. The van der Waals surface area contributed by atoms with Gasteiger partial charge in [-0.2, -0.15) is 0 Å². The van der Waals surface area contributed by atoms with Crippen molar-refractivity contribution in [1.29, 1.82) is 0 Å². The average Bonchev–Trinajstić information content (AvgIpc) is 3.02. The number of anilines is 1. The van der Waals surface area contributed by atoms with Gasteiger partial charge in [0.2, 0.25) is 0 Å². The van der Waals surface area contributed by atoms with Gasteiger partial charge in [-0.3, -0.25) is 9.69 Å². The van der Waals surface area contributed by atoms with Crippen LogP contribution in [0.25, 0.3) is 0 Å². The van der Waals surface area contributed by atoms with Crippen LogP contribution in [0.15, 0.2) is 42.5 Å². The van der Waals surface area contributed by atoms with E-state index in [0.717, 1.165) is 22.6 Å². The summed E-state index contributed by atoms with van der Waals surface area (Å²) in [6.45, 7) is 4.63. The van der Waals surface area contributed by atoms with Crippen LogP contribution in [0.5, 0.6) is 5.75 Å². The zero-order chi connectivity index (χ0) is 18.7. The number of amides is 2. The second-order valence-electron chi connectivity index (χ2n) is 6.32. The maximum Gasteiger partial charge on any atom is 0.414 e. The first-order chi connectivity index (χ1) is 12.5. The highest BCUT2D eigenvalue weighted by molar-refractivity contribution is 5.94. The number of benzene rings is 2. The first-order valence-electron chi connectivity index (χ1n) is 8.45. The van der Waals surface area contributed by atoms with Crippen LogP contribution < -0.4 is 15.0 Å². The number of nitrogens with one attached hydrogen (secondary N) is 1. The molecule has 1 aliphatic heterocycles. The lowest BCUT2D eigenvalue weighted by Crippen LogP contribution is -2.34. The summed E-state index contributed by atoms with van der Waals surface area (Å²) in [5, 5.41) is 2.84. The Bertz CT molecular complexity index is 817. The summed E-state index contributed by atoms with van der Waals surface area (Å²) < 4.78 is 10.5. The molecule has 6 nitrogen and oxygen atoms in total. The van der Waals surface area contributed by atoms with Crippen molar-refractivity contribution in [2.24, 2.45) is 0 Å². The molecule has 1 fully saturated rings. The monoisotopic (exact) mass is 354 g/mol. The lowest BCUT2D eigenvalue weighted by molar-refractivity contribution is 0.0916. The molecule has 6 heteroatoms. The standard InChI is InChI=1S/C20H22N2O4/c1-13-4-5-15(10-14(13)2)19(23)21-11-18-12-22(20(24)26-18)16-6-8-17(25-3)9-7-16/h4-10,18H,11-12H2,1-3H3,(H,21,23). The Hall–Kier alpha value is -3.02. The van der Waals surface area contributed by atoms with Gasteiger partial charge in [-0.25, -0.2) is 4.79 Å². The van der Waals surface area contributed by atoms with E-state index in [0.29, 0.717) is 12.1 Å². The van der Waals surface area contributed by atoms with Crippen LogP contribution in [0.1, 0.15) is 21.5 Å². The molecule has 0 bridgehead atoms. The average molecular weight is 354 g/mol. The van der Waals surface area contributed by atoms with E-state index in [1.807, 2.05) is 26.0 Å². The normalized spacial score (nSPS) is 16.3. The molecule has 0 aliphatic carbocycles. The molecule has 1 aliphatic rings. The molecular formula is C20H22N2O4. The number of rotatable bonds is 5. The summed E-state index contributed by atoms with van der Waals surface area (Å²) >= 11 is 0. The van der Waals surface area contributed by atoms with Crippen molar-refractivity contribution in [3.8, 4) is 5.75 Å². The molecule has 1 atom stereocenters. The third-order valence-electron chi connectivity index (χ3n) is 4.52. The number of nitrogens with zero attached hydrogens (tertiary/aromatic N) is 1. The van der Waals surface area contributed by atoms with Crippen LogP contribution in [-0.4, -0.2) is 38.3 Å². The predicted molar refractivity (Wildman–Crippen MR) is 98.9 cm³/mol. The van der Waals surface area contributed by atoms with Crippen molar-refractivity contribution < 1.29 is 19.1 Å². The molecule has 1 unspecified atom stereocenters. The van der Waals surface area contributed by atoms with Gasteiger partial charge in [-0.1, -0.05) is 6.07 Å². The molecule has 2 aromatic rings. The molecular weight excluding hydrogens is 332 g/mol. The molecule has 1 saturated heterocycles. The number of cyclic esters (lactones) is 1. The van der Waals surface area contributed by atoms with Crippen molar-refractivity contribution in [2.45, 2.75) is 20.0 Å². The fourth-order valence-corrected chi connectivity index (χ4v) is 2.79. The number of carbonyl (C=O) groups excluding carboxylic acids is 2. The summed E-state index contributed by atoms with van der Waals surface area (Å²) in [5.74, 6) is 0.547. The molecule has 2 aromatic carbocycles. The Morgan fingerprint density at radius 3 is 2.58 bits per heavy atom. The summed E-state index contributed by atoms with van der Waals surface area (Å²) in [4.78, 5) is 25.9. The van der Waals surface area contributed by atoms with Crippen LogP contribution in [0.4, 0.5) is 10.5 Å². The van der Waals surface area contributed by atoms with Crippen LogP contribution >= 0.6 is 0 Å². The maximum atomic E-state index is 12.3. The zero-order valence-corrected chi connectivity index (χ0v) is 15.1. The number of hydrogen-bond acceptors (Lipinski definition) is 4. The Balaban J connectivity index is 1.58. The van der Waals surface area contributed by atoms with Gasteiger partial charge >= 0.3 is 6.09 Å². The van der Waals surface area contributed by atoms with E-state index in [2.05, 4.69) is 5.32 Å². The SMILES string of the molecule is COc1ccc(N2CC(CNC(=O)c3ccc(C)c(C)c3)OC2=O)cc1. The van der Waals surface area contributed by atoms with Gasteiger partial charge in [0.05, 0.1) is 20.2 Å². The number of ether oxygens (including phenoxy) is 2. The molecule has 0 radical (unpaired) electrons. The van der Waals surface area contributed by atoms with Crippen LogP contribution in [0, 0.1) is 13.8 Å². The molecule has 26 heavy (non-hydrogen) atoms. The van der Waals surface area contributed by atoms with E-state index in [-0.39, 0.29) is 18.6 Å². The van der Waals surface area contributed by atoms with Crippen molar-refractivity contribution in [2.75, 3.05) is 25.1 Å². The minimum atomic E-state index is -0.416. The Morgan fingerprint density at radius 2 is 1.92 bits per heavy atom. The lowest BCUT2D eigenvalue weighted by Gasteiger charge is -2.13. The second-order valence-corrected chi connectivity index (χ2v) is 6.32. The summed E-state index contributed by atoms with van der Waals surface area (Å²) in [6, 6.07) is 12.8. The minimum absolute atomic E-state index is 0.174. The third-order valence-corrected chi connectivity index (χ3v) is 4.52. The van der Waals surface area contributed by atoms with Crippen LogP contribution in [0.2, 0.25) is 0 Å². The van der Waals surface area contributed by atoms with Crippen molar-refractivity contribution in [3.63, 3.8) is 0 Å². The Labute approximate surface area is 152 Å². The molecule has 0 aromatic heterocycles. The number of methoxy groups -OCH3 is 1. The van der Waals surface area contributed by atoms with E-state index in [1.54, 1.807) is 42.3 Å². The third kappa shape index (κ3) is 3.79. The van der Waals surface area contributed by atoms with Gasteiger partial charge in [-0.05, 0) is 61.4 Å². The fraction of sp³-hybridized carbons (Fsp3) is 0.300. The topological polar surface area (TPSA) is 67.9 Å². The second kappa shape index (κ2) is 7.47. The molecule has 0 spiro atoms. The number of carbonyl (C=O) groups is 2. The van der Waals surface area contributed by atoms with Crippen molar-refractivity contribution in [1.82, 2.24) is 5.32 Å². The van der Waals surface area contributed by atoms with Gasteiger partial charge < -0.3 is 14.8 Å². The van der Waals surface area contributed by atoms with Gasteiger partial charge in [0.1, 0.15) is 11.9 Å². The highest BCUT2D eigenvalue weighted by Gasteiger charge is 2.32. The smallest absolute Gasteiger partial charge is 0.414 e. The number of hydrogen-bond donors (Lipinski definition) is 1. The molecule has 2 amide bonds. The van der Waals surface area contributed by atoms with Crippen LogP contribution in [0.3, 0.4) is 0 Å². The Kier molecular flexibility index (Phi) is 5.11. The molecule has 0 saturated carbocycles. The minimum Gasteiger partial charge on any atom is -0.497 e. The van der Waals surface area contributed by atoms with Crippen molar-refractivity contribution in [3.05, 3.63) is 59.2 Å². The zero-order valence-electron chi connectivity index (χ0n) is 15.1. The van der Waals surface area contributed by atoms with Gasteiger partial charge in [0.15, 0.2) is 0 Å². The van der Waals surface area contributed by atoms with Gasteiger partial charge in [0.25, 0.3) is 5.91 Å². The van der Waals surface area contributed by atoms with E-state index in [4.69, 9.17) is 9.47 Å². The van der Waals surface area contributed by atoms with E-state index in [1.165, 1.54) is 0 Å². The first kappa shape index (κ1) is 17.8. The molecule has 1 heterocycles. The van der Waals surface area contributed by atoms with E-state index in [9.17, 15) is 9.59 Å². The lowest BCUT2D eigenvalue weighted by atomic mass is 10.1. The van der Waals surface area contributed by atoms with Crippen molar-refractivity contribution >= 4 is 17.7 Å². The number of aryl methyl sites for hydroxylation is 2. The summed E-state index contributed by atoms with van der Waals surface area (Å²) in [6.07, 6.45) is -0.805. The predicted octanol–water partition coefficient (Wildman–Crippen LogP) is 3.07. The van der Waals surface area contributed by atoms with Crippen LogP contribution in [-0.2, 0) is 4.74 Å². The summed E-state index contributed by atoms with van der Waals surface area (Å²) in [5.41, 5.74) is 3.54. The Morgan fingerprint density at radius 1 is 1.19 bits per heavy atom. The molecule has 3 rings (SSSR count). The molecule has 136 valence electrons. The largest absolute Gasteiger partial charge is 0.497 e. The highest BCUT2D eigenvalue weighted by atomic mass is 16.6. The van der Waals surface area contributed by atoms with Gasteiger partial charge in [-0.15, -0.1) is 0 Å². The fourth-order valence-electron chi connectivity index (χ4n) is 2.79. The van der Waals surface area contributed by atoms with Gasteiger partial charge in [0, 0.05) is 11.3 Å². The molecule has 1 N–H and O–H groups in total. The summed E-state index contributed by atoms with van der Waals surface area (Å²) in [7, 11) is 1.59. The quantitative estimate of drug-likeness (QED) is 0.896. The first-order valence-corrected chi connectivity index (χ1v) is 8.45.